The van der Waals surface area contributed by atoms with Crippen molar-refractivity contribution in [2.24, 2.45) is 0 Å². The Balaban J connectivity index is 2.08. The van der Waals surface area contributed by atoms with E-state index in [9.17, 15) is 9.18 Å². The Morgan fingerprint density at radius 3 is 2.53 bits per heavy atom. The van der Waals surface area contributed by atoms with E-state index in [0.29, 0.717) is 5.02 Å². The highest BCUT2D eigenvalue weighted by atomic mass is 35.5. The van der Waals surface area contributed by atoms with Crippen molar-refractivity contribution in [2.45, 2.75) is 6.54 Å². The molecular formula is C14H10Cl2FNO. The van der Waals surface area contributed by atoms with Gasteiger partial charge in [-0.25, -0.2) is 4.39 Å². The molecule has 0 fully saturated rings. The molecule has 1 N–H and O–H groups in total. The molecule has 0 aromatic heterocycles. The summed E-state index contributed by atoms with van der Waals surface area (Å²) in [5, 5.41) is 3.34. The first kappa shape index (κ1) is 13.8. The number of amides is 1. The first-order valence-electron chi connectivity index (χ1n) is 5.54. The van der Waals surface area contributed by atoms with Gasteiger partial charge in [-0.1, -0.05) is 41.4 Å². The zero-order valence-electron chi connectivity index (χ0n) is 9.79. The summed E-state index contributed by atoms with van der Waals surface area (Å²) in [6, 6.07) is 10.8. The second kappa shape index (κ2) is 6.04. The summed E-state index contributed by atoms with van der Waals surface area (Å²) < 4.78 is 12.9. The molecule has 2 nitrogen and oxygen atoms in total. The number of carbonyl (C=O) groups excluding carboxylic acids is 1. The third-order valence-electron chi connectivity index (χ3n) is 2.57. The standard InChI is InChI=1S/C14H10Cl2FNO/c15-12-4-2-1-3-9(12)8-18-14(19)11-6-5-10(17)7-13(11)16/h1-7H,8H2,(H,18,19). The zero-order valence-corrected chi connectivity index (χ0v) is 11.3. The van der Waals surface area contributed by atoms with Crippen LogP contribution in [0.25, 0.3) is 0 Å². The van der Waals surface area contributed by atoms with Gasteiger partial charge < -0.3 is 5.32 Å². The van der Waals surface area contributed by atoms with Gasteiger partial charge in [-0.15, -0.1) is 0 Å². The van der Waals surface area contributed by atoms with E-state index < -0.39 is 5.82 Å². The minimum absolute atomic E-state index is 0.0802. The molecule has 0 saturated heterocycles. The van der Waals surface area contributed by atoms with Crippen molar-refractivity contribution in [1.82, 2.24) is 5.32 Å². The number of nitrogens with one attached hydrogen (secondary N) is 1. The number of halogens is 3. The largest absolute Gasteiger partial charge is 0.348 e. The van der Waals surface area contributed by atoms with Crippen LogP contribution in [0, 0.1) is 5.82 Å². The number of benzene rings is 2. The molecule has 0 aliphatic heterocycles. The van der Waals surface area contributed by atoms with Gasteiger partial charge in [-0.3, -0.25) is 4.79 Å². The molecule has 0 bridgehead atoms. The molecule has 1 amide bonds. The lowest BCUT2D eigenvalue weighted by Crippen LogP contribution is -2.23. The smallest absolute Gasteiger partial charge is 0.253 e. The van der Waals surface area contributed by atoms with E-state index in [2.05, 4.69) is 5.32 Å². The molecule has 0 radical (unpaired) electrons. The Morgan fingerprint density at radius 1 is 1.11 bits per heavy atom. The van der Waals surface area contributed by atoms with Crippen LogP contribution in [0.1, 0.15) is 15.9 Å². The topological polar surface area (TPSA) is 29.1 Å². The minimum Gasteiger partial charge on any atom is -0.348 e. The van der Waals surface area contributed by atoms with Gasteiger partial charge in [0.25, 0.3) is 5.91 Å². The van der Waals surface area contributed by atoms with Crippen LogP contribution in [0.2, 0.25) is 10.0 Å². The lowest BCUT2D eigenvalue weighted by molar-refractivity contribution is 0.0951. The molecular weight excluding hydrogens is 288 g/mol. The lowest BCUT2D eigenvalue weighted by atomic mass is 10.2. The molecule has 0 spiro atoms. The predicted molar refractivity (Wildman–Crippen MR) is 74.0 cm³/mol. The van der Waals surface area contributed by atoms with Crippen LogP contribution in [-0.4, -0.2) is 5.91 Å². The van der Waals surface area contributed by atoms with Gasteiger partial charge in [0, 0.05) is 11.6 Å². The van der Waals surface area contributed by atoms with Crippen molar-refractivity contribution in [3.63, 3.8) is 0 Å². The first-order chi connectivity index (χ1) is 9.08. The highest BCUT2D eigenvalue weighted by Crippen LogP contribution is 2.18. The molecule has 0 atom stereocenters. The summed E-state index contributed by atoms with van der Waals surface area (Å²) in [5.41, 5.74) is 1.03. The van der Waals surface area contributed by atoms with E-state index in [-0.39, 0.29) is 23.0 Å². The molecule has 0 aliphatic rings. The van der Waals surface area contributed by atoms with Crippen molar-refractivity contribution in [3.05, 3.63) is 69.5 Å². The molecule has 19 heavy (non-hydrogen) atoms. The minimum atomic E-state index is -0.479. The van der Waals surface area contributed by atoms with Gasteiger partial charge in [0.05, 0.1) is 10.6 Å². The SMILES string of the molecule is O=C(NCc1ccccc1Cl)c1ccc(F)cc1Cl. The highest BCUT2D eigenvalue weighted by Gasteiger charge is 2.11. The molecule has 0 unspecified atom stereocenters. The Labute approximate surface area is 120 Å². The molecule has 2 aromatic carbocycles. The predicted octanol–water partition coefficient (Wildman–Crippen LogP) is 4.06. The summed E-state index contributed by atoms with van der Waals surface area (Å²) in [6.45, 7) is 0.284. The van der Waals surface area contributed by atoms with E-state index in [4.69, 9.17) is 23.2 Å². The van der Waals surface area contributed by atoms with Crippen molar-refractivity contribution in [1.29, 1.82) is 0 Å². The summed E-state index contributed by atoms with van der Waals surface area (Å²) in [5.74, 6) is -0.849. The fourth-order valence-corrected chi connectivity index (χ4v) is 2.04. The summed E-state index contributed by atoms with van der Waals surface area (Å²) >= 11 is 11.8. The molecule has 98 valence electrons. The van der Waals surface area contributed by atoms with Gasteiger partial charge in [-0.2, -0.15) is 0 Å². The lowest BCUT2D eigenvalue weighted by Gasteiger charge is -2.08. The fourth-order valence-electron chi connectivity index (χ4n) is 1.59. The van der Waals surface area contributed by atoms with Crippen molar-refractivity contribution in [2.75, 3.05) is 0 Å². The molecule has 5 heteroatoms. The molecule has 0 aliphatic carbocycles. The van der Waals surface area contributed by atoms with Crippen LogP contribution in [-0.2, 0) is 6.54 Å². The van der Waals surface area contributed by atoms with Crippen LogP contribution < -0.4 is 5.32 Å². The Morgan fingerprint density at radius 2 is 1.84 bits per heavy atom. The maximum absolute atomic E-state index is 12.9. The van der Waals surface area contributed by atoms with Crippen molar-refractivity contribution in [3.8, 4) is 0 Å². The molecule has 0 heterocycles. The fraction of sp³-hybridized carbons (Fsp3) is 0.0714. The van der Waals surface area contributed by atoms with E-state index in [1.165, 1.54) is 12.1 Å². The second-order valence-electron chi connectivity index (χ2n) is 3.90. The number of rotatable bonds is 3. The van der Waals surface area contributed by atoms with Crippen molar-refractivity contribution < 1.29 is 9.18 Å². The van der Waals surface area contributed by atoms with Crippen molar-refractivity contribution >= 4 is 29.1 Å². The van der Waals surface area contributed by atoms with E-state index in [1.807, 2.05) is 18.2 Å². The maximum Gasteiger partial charge on any atom is 0.253 e. The highest BCUT2D eigenvalue weighted by molar-refractivity contribution is 6.33. The molecule has 2 aromatic rings. The van der Waals surface area contributed by atoms with Crippen LogP contribution in [0.5, 0.6) is 0 Å². The third kappa shape index (κ3) is 3.46. The van der Waals surface area contributed by atoms with E-state index in [0.717, 1.165) is 11.6 Å². The monoisotopic (exact) mass is 297 g/mol. The van der Waals surface area contributed by atoms with Gasteiger partial charge in [-0.05, 0) is 29.8 Å². The number of hydrogen-bond donors (Lipinski definition) is 1. The van der Waals surface area contributed by atoms with Crippen LogP contribution in [0.15, 0.2) is 42.5 Å². The number of hydrogen-bond acceptors (Lipinski definition) is 1. The Hall–Kier alpha value is -1.58. The van der Waals surface area contributed by atoms with Gasteiger partial charge in [0.15, 0.2) is 0 Å². The third-order valence-corrected chi connectivity index (χ3v) is 3.25. The molecule has 0 saturated carbocycles. The summed E-state index contributed by atoms with van der Waals surface area (Å²) in [6.07, 6.45) is 0. The second-order valence-corrected chi connectivity index (χ2v) is 4.71. The quantitative estimate of drug-likeness (QED) is 0.909. The number of carbonyl (C=O) groups is 1. The molecule has 2 rings (SSSR count). The van der Waals surface area contributed by atoms with Crippen LogP contribution >= 0.6 is 23.2 Å². The average Bonchev–Trinajstić information content (AvgIpc) is 2.37. The van der Waals surface area contributed by atoms with Gasteiger partial charge in [0.1, 0.15) is 5.82 Å². The van der Waals surface area contributed by atoms with Crippen LogP contribution in [0.4, 0.5) is 4.39 Å². The summed E-state index contributed by atoms with van der Waals surface area (Å²) in [7, 11) is 0. The normalized spacial score (nSPS) is 10.3. The first-order valence-corrected chi connectivity index (χ1v) is 6.30. The zero-order chi connectivity index (χ0) is 13.8. The summed E-state index contributed by atoms with van der Waals surface area (Å²) in [4.78, 5) is 11.9. The average molecular weight is 298 g/mol. The maximum atomic E-state index is 12.9. The Kier molecular flexibility index (Phi) is 4.40. The van der Waals surface area contributed by atoms with E-state index in [1.54, 1.807) is 6.07 Å². The van der Waals surface area contributed by atoms with Gasteiger partial charge in [0.2, 0.25) is 0 Å². The van der Waals surface area contributed by atoms with Gasteiger partial charge >= 0.3 is 0 Å². The van der Waals surface area contributed by atoms with E-state index >= 15 is 0 Å². The Bertz CT molecular complexity index is 616. The van der Waals surface area contributed by atoms with Crippen LogP contribution in [0.3, 0.4) is 0 Å².